The smallest absolute Gasteiger partial charge is 0.308 e. The van der Waals surface area contributed by atoms with Gasteiger partial charge in [0.1, 0.15) is 28.4 Å². The first-order valence-corrected chi connectivity index (χ1v) is 10.8. The van der Waals surface area contributed by atoms with Gasteiger partial charge in [0.2, 0.25) is 5.91 Å². The van der Waals surface area contributed by atoms with Crippen molar-refractivity contribution in [2.45, 2.75) is 45.3 Å². The molecule has 1 amide bonds. The van der Waals surface area contributed by atoms with Crippen LogP contribution in [-0.2, 0) is 24.6 Å². The quantitative estimate of drug-likeness (QED) is 0.496. The van der Waals surface area contributed by atoms with E-state index in [4.69, 9.17) is 14.2 Å². The normalized spacial score (nSPS) is 22.6. The summed E-state index contributed by atoms with van der Waals surface area (Å²) in [6, 6.07) is 11.8. The van der Waals surface area contributed by atoms with Gasteiger partial charge in [0.05, 0.1) is 7.11 Å². The highest BCUT2D eigenvalue weighted by Gasteiger charge is 2.64. The minimum Gasteiger partial charge on any atom is -0.497 e. The van der Waals surface area contributed by atoms with Crippen LogP contribution >= 0.6 is 0 Å². The molecule has 0 bridgehead atoms. The highest BCUT2D eigenvalue weighted by molar-refractivity contribution is 6.02. The third-order valence-corrected chi connectivity index (χ3v) is 6.39. The Hall–Kier alpha value is -3.94. The van der Waals surface area contributed by atoms with Gasteiger partial charge in [-0.25, -0.2) is 0 Å². The number of methoxy groups -OCH3 is 1. The number of Topliss-reactive ketones (excluding diaryl/α,β-unsaturated/α-hetero) is 2. The molecule has 3 atom stereocenters. The predicted molar refractivity (Wildman–Crippen MR) is 122 cm³/mol. The van der Waals surface area contributed by atoms with E-state index in [9.17, 15) is 19.2 Å². The van der Waals surface area contributed by atoms with Gasteiger partial charge in [-0.2, -0.15) is 0 Å². The largest absolute Gasteiger partial charge is 0.497 e. The maximum absolute atomic E-state index is 13.7. The SMILES string of the molecule is COc1ccc([C@H]2C(C(C)=O)=CN(C(C)=O)[C@@H]3Oc4ccc(OC(C)=O)cc4[C@]23C(C)=O)cc1. The van der Waals surface area contributed by atoms with E-state index >= 15 is 0 Å². The summed E-state index contributed by atoms with van der Waals surface area (Å²) in [4.78, 5) is 52.1. The number of esters is 1. The van der Waals surface area contributed by atoms with Gasteiger partial charge in [-0.3, -0.25) is 24.1 Å². The van der Waals surface area contributed by atoms with Crippen molar-refractivity contribution >= 4 is 23.4 Å². The van der Waals surface area contributed by atoms with Gasteiger partial charge in [0, 0.05) is 37.1 Å². The molecular weight excluding hydrogens is 438 g/mol. The van der Waals surface area contributed by atoms with Crippen molar-refractivity contribution in [1.82, 2.24) is 4.90 Å². The molecule has 2 heterocycles. The Kier molecular flexibility index (Phi) is 5.77. The number of ether oxygens (including phenoxy) is 3. The summed E-state index contributed by atoms with van der Waals surface area (Å²) in [7, 11) is 1.55. The summed E-state index contributed by atoms with van der Waals surface area (Å²) in [6.07, 6.45) is 0.449. The molecular formula is C26H25NO7. The Labute approximate surface area is 197 Å². The van der Waals surface area contributed by atoms with Crippen LogP contribution in [0.5, 0.6) is 17.2 Å². The van der Waals surface area contributed by atoms with Crippen LogP contribution in [0, 0.1) is 0 Å². The van der Waals surface area contributed by atoms with Crippen LogP contribution in [-0.4, -0.2) is 41.7 Å². The van der Waals surface area contributed by atoms with Gasteiger partial charge in [-0.1, -0.05) is 12.1 Å². The minimum absolute atomic E-state index is 0.234. The Bertz CT molecular complexity index is 1230. The van der Waals surface area contributed by atoms with Crippen molar-refractivity contribution in [2.24, 2.45) is 0 Å². The molecule has 0 fully saturated rings. The average molecular weight is 463 g/mol. The number of ketones is 2. The van der Waals surface area contributed by atoms with Gasteiger partial charge in [-0.05, 0) is 49.7 Å². The van der Waals surface area contributed by atoms with Crippen LogP contribution in [0.1, 0.15) is 44.7 Å². The lowest BCUT2D eigenvalue weighted by molar-refractivity contribution is -0.142. The van der Waals surface area contributed by atoms with Crippen molar-refractivity contribution in [2.75, 3.05) is 7.11 Å². The lowest BCUT2D eigenvalue weighted by atomic mass is 9.60. The zero-order valence-corrected chi connectivity index (χ0v) is 19.6. The van der Waals surface area contributed by atoms with E-state index in [1.54, 1.807) is 49.6 Å². The first-order chi connectivity index (χ1) is 16.1. The van der Waals surface area contributed by atoms with E-state index in [0.29, 0.717) is 28.2 Å². The molecule has 4 rings (SSSR count). The molecule has 8 nitrogen and oxygen atoms in total. The van der Waals surface area contributed by atoms with E-state index in [-0.39, 0.29) is 23.2 Å². The topological polar surface area (TPSA) is 99.2 Å². The predicted octanol–water partition coefficient (Wildman–Crippen LogP) is 3.28. The average Bonchev–Trinajstić information content (AvgIpc) is 3.13. The number of amides is 1. The Morgan fingerprint density at radius 3 is 2.12 bits per heavy atom. The van der Waals surface area contributed by atoms with Gasteiger partial charge in [-0.15, -0.1) is 0 Å². The van der Waals surface area contributed by atoms with Crippen molar-refractivity contribution < 1.29 is 33.4 Å². The number of allylic oxidation sites excluding steroid dienone is 1. The lowest BCUT2D eigenvalue weighted by Crippen LogP contribution is -2.60. The summed E-state index contributed by atoms with van der Waals surface area (Å²) >= 11 is 0. The molecule has 0 N–H and O–H groups in total. The first-order valence-electron chi connectivity index (χ1n) is 10.8. The number of rotatable bonds is 5. The van der Waals surface area contributed by atoms with Gasteiger partial charge in [0.25, 0.3) is 0 Å². The van der Waals surface area contributed by atoms with Crippen molar-refractivity contribution in [3.8, 4) is 17.2 Å². The molecule has 0 unspecified atom stereocenters. The maximum Gasteiger partial charge on any atom is 0.308 e. The Balaban J connectivity index is 2.06. The molecule has 176 valence electrons. The Morgan fingerprint density at radius 1 is 0.941 bits per heavy atom. The van der Waals surface area contributed by atoms with Crippen molar-refractivity contribution in [3.05, 3.63) is 65.4 Å². The van der Waals surface area contributed by atoms with E-state index < -0.39 is 23.5 Å². The number of carbonyl (C=O) groups is 4. The van der Waals surface area contributed by atoms with Crippen LogP contribution in [0.15, 0.2) is 54.2 Å². The zero-order chi connectivity index (χ0) is 24.8. The summed E-state index contributed by atoms with van der Waals surface area (Å²) in [6.45, 7) is 5.45. The standard InChI is InChI=1S/C26H25NO7/c1-14(28)21-13-27(16(3)30)25-26(15(2)29,24(21)18-6-8-19(32-5)9-7-18)22-12-20(33-17(4)31)10-11-23(22)34-25/h6-13,24-25H,1-5H3/t24-,25+,26+/m0/s1. The second-order valence-corrected chi connectivity index (χ2v) is 8.42. The summed E-state index contributed by atoms with van der Waals surface area (Å²) in [5.74, 6) is -1.01. The minimum atomic E-state index is -1.46. The van der Waals surface area contributed by atoms with E-state index in [0.717, 1.165) is 0 Å². The van der Waals surface area contributed by atoms with Gasteiger partial charge in [0.15, 0.2) is 12.0 Å². The molecule has 0 radical (unpaired) electrons. The van der Waals surface area contributed by atoms with E-state index in [1.165, 1.54) is 38.8 Å². The molecule has 2 aromatic carbocycles. The molecule has 0 saturated heterocycles. The fourth-order valence-corrected chi connectivity index (χ4v) is 4.98. The third-order valence-electron chi connectivity index (χ3n) is 6.39. The van der Waals surface area contributed by atoms with Crippen LogP contribution in [0.4, 0.5) is 0 Å². The molecule has 2 aromatic rings. The van der Waals surface area contributed by atoms with E-state index in [2.05, 4.69) is 0 Å². The lowest BCUT2D eigenvalue weighted by Gasteiger charge is -2.47. The summed E-state index contributed by atoms with van der Waals surface area (Å²) in [5.41, 5.74) is -0.0366. The zero-order valence-electron chi connectivity index (χ0n) is 19.6. The van der Waals surface area contributed by atoms with Crippen LogP contribution in [0.25, 0.3) is 0 Å². The fourth-order valence-electron chi connectivity index (χ4n) is 4.98. The molecule has 0 aromatic heterocycles. The summed E-state index contributed by atoms with van der Waals surface area (Å²) < 4.78 is 16.7. The molecule has 0 aliphatic carbocycles. The molecule has 2 aliphatic rings. The number of nitrogens with zero attached hydrogens (tertiary/aromatic N) is 1. The van der Waals surface area contributed by atoms with Crippen LogP contribution in [0.2, 0.25) is 0 Å². The van der Waals surface area contributed by atoms with Gasteiger partial charge >= 0.3 is 5.97 Å². The molecule has 8 heteroatoms. The summed E-state index contributed by atoms with van der Waals surface area (Å²) in [5, 5.41) is 0. The monoisotopic (exact) mass is 463 g/mol. The second kappa shape index (κ2) is 8.44. The number of fused-ring (bicyclic) bond motifs is 3. The molecule has 0 spiro atoms. The fraction of sp³-hybridized carbons (Fsp3) is 0.308. The molecule has 2 aliphatic heterocycles. The molecule has 34 heavy (non-hydrogen) atoms. The third kappa shape index (κ3) is 3.46. The van der Waals surface area contributed by atoms with Crippen LogP contribution in [0.3, 0.4) is 0 Å². The maximum atomic E-state index is 13.7. The number of carbonyl (C=O) groups excluding carboxylic acids is 4. The van der Waals surface area contributed by atoms with Crippen LogP contribution < -0.4 is 14.2 Å². The van der Waals surface area contributed by atoms with Gasteiger partial charge < -0.3 is 14.2 Å². The first kappa shape index (κ1) is 23.2. The number of benzene rings is 2. The highest BCUT2D eigenvalue weighted by atomic mass is 16.5. The second-order valence-electron chi connectivity index (χ2n) is 8.42. The highest BCUT2D eigenvalue weighted by Crippen LogP contribution is 2.58. The number of hydrogen-bond acceptors (Lipinski definition) is 7. The Morgan fingerprint density at radius 2 is 1.59 bits per heavy atom. The number of hydrogen-bond donors (Lipinski definition) is 0. The van der Waals surface area contributed by atoms with Crippen molar-refractivity contribution in [3.63, 3.8) is 0 Å². The van der Waals surface area contributed by atoms with Crippen molar-refractivity contribution in [1.29, 1.82) is 0 Å². The van der Waals surface area contributed by atoms with E-state index in [1.807, 2.05) is 0 Å². The molecule has 0 saturated carbocycles.